The smallest absolute Gasteiger partial charge is 0.133 e. The SMILES string of the molecule is [CH2]CC(=O)CCc1ccccc1. The number of benzene rings is 1. The Morgan fingerprint density at radius 2 is 1.92 bits per heavy atom. The fourth-order valence-electron chi connectivity index (χ4n) is 1.05. The van der Waals surface area contributed by atoms with Gasteiger partial charge in [-0.2, -0.15) is 0 Å². The second-order valence-electron chi connectivity index (χ2n) is 2.77. The van der Waals surface area contributed by atoms with Gasteiger partial charge < -0.3 is 0 Å². The van der Waals surface area contributed by atoms with Crippen LogP contribution in [-0.4, -0.2) is 5.78 Å². The van der Waals surface area contributed by atoms with E-state index in [0.717, 1.165) is 6.42 Å². The molecule has 63 valence electrons. The minimum Gasteiger partial charge on any atom is -0.300 e. The summed E-state index contributed by atoms with van der Waals surface area (Å²) in [5.41, 5.74) is 1.22. The first kappa shape index (κ1) is 8.98. The van der Waals surface area contributed by atoms with Gasteiger partial charge in [-0.25, -0.2) is 0 Å². The second kappa shape index (κ2) is 4.70. The Morgan fingerprint density at radius 1 is 1.25 bits per heavy atom. The van der Waals surface area contributed by atoms with Crippen LogP contribution in [-0.2, 0) is 11.2 Å². The van der Waals surface area contributed by atoms with Crippen molar-refractivity contribution in [3.63, 3.8) is 0 Å². The highest BCUT2D eigenvalue weighted by molar-refractivity contribution is 5.79. The van der Waals surface area contributed by atoms with Gasteiger partial charge in [-0.05, 0) is 18.9 Å². The standard InChI is InChI=1S/C11H13O/c1-2-11(12)9-8-10-6-4-3-5-7-10/h3-7H,1-2,8-9H2. The molecule has 1 heteroatoms. The summed E-state index contributed by atoms with van der Waals surface area (Å²) in [4.78, 5) is 10.9. The molecule has 0 aliphatic carbocycles. The first-order valence-electron chi connectivity index (χ1n) is 4.18. The molecule has 1 aromatic rings. The van der Waals surface area contributed by atoms with E-state index in [4.69, 9.17) is 0 Å². The van der Waals surface area contributed by atoms with Crippen molar-refractivity contribution in [1.82, 2.24) is 0 Å². The monoisotopic (exact) mass is 161 g/mol. The minimum absolute atomic E-state index is 0.235. The van der Waals surface area contributed by atoms with Crippen molar-refractivity contribution in [2.24, 2.45) is 0 Å². The quantitative estimate of drug-likeness (QED) is 0.662. The van der Waals surface area contributed by atoms with Gasteiger partial charge in [-0.15, -0.1) is 0 Å². The summed E-state index contributed by atoms with van der Waals surface area (Å²) in [6.45, 7) is 3.55. The van der Waals surface area contributed by atoms with Gasteiger partial charge >= 0.3 is 0 Å². The van der Waals surface area contributed by atoms with E-state index in [0.29, 0.717) is 12.8 Å². The molecule has 0 aliphatic rings. The van der Waals surface area contributed by atoms with E-state index in [1.54, 1.807) is 0 Å². The van der Waals surface area contributed by atoms with E-state index in [9.17, 15) is 4.79 Å². The van der Waals surface area contributed by atoms with Crippen LogP contribution < -0.4 is 0 Å². The fraction of sp³-hybridized carbons (Fsp3) is 0.273. The molecule has 12 heavy (non-hydrogen) atoms. The summed E-state index contributed by atoms with van der Waals surface area (Å²) < 4.78 is 0. The van der Waals surface area contributed by atoms with Crippen molar-refractivity contribution in [2.45, 2.75) is 19.3 Å². The maximum atomic E-state index is 10.9. The molecule has 0 heterocycles. The Balaban J connectivity index is 2.38. The van der Waals surface area contributed by atoms with Crippen LogP contribution in [0.25, 0.3) is 0 Å². The van der Waals surface area contributed by atoms with E-state index in [2.05, 4.69) is 6.92 Å². The van der Waals surface area contributed by atoms with Crippen LogP contribution in [0.15, 0.2) is 30.3 Å². The van der Waals surface area contributed by atoms with Crippen molar-refractivity contribution in [2.75, 3.05) is 0 Å². The Labute approximate surface area is 73.4 Å². The zero-order valence-electron chi connectivity index (χ0n) is 7.12. The largest absolute Gasteiger partial charge is 0.300 e. The molecule has 0 atom stereocenters. The molecule has 0 unspecified atom stereocenters. The van der Waals surface area contributed by atoms with Gasteiger partial charge in [0, 0.05) is 12.8 Å². The highest BCUT2D eigenvalue weighted by atomic mass is 16.1. The fourth-order valence-corrected chi connectivity index (χ4v) is 1.05. The lowest BCUT2D eigenvalue weighted by atomic mass is 10.1. The van der Waals surface area contributed by atoms with Crippen LogP contribution in [0.5, 0.6) is 0 Å². The highest BCUT2D eigenvalue weighted by Crippen LogP contribution is 2.03. The van der Waals surface area contributed by atoms with Crippen LogP contribution in [0, 0.1) is 6.92 Å². The average Bonchev–Trinajstić information content (AvgIpc) is 2.16. The first-order valence-corrected chi connectivity index (χ1v) is 4.18. The van der Waals surface area contributed by atoms with Gasteiger partial charge in [0.15, 0.2) is 0 Å². The number of carbonyl (C=O) groups excluding carboxylic acids is 1. The summed E-state index contributed by atoms with van der Waals surface area (Å²) in [6, 6.07) is 10.0. The summed E-state index contributed by atoms with van der Waals surface area (Å²) in [7, 11) is 0. The summed E-state index contributed by atoms with van der Waals surface area (Å²) in [5, 5.41) is 0. The molecule has 0 N–H and O–H groups in total. The highest BCUT2D eigenvalue weighted by Gasteiger charge is 1.98. The lowest BCUT2D eigenvalue weighted by Gasteiger charge is -1.98. The molecule has 0 aliphatic heterocycles. The molecule has 0 saturated heterocycles. The van der Waals surface area contributed by atoms with Gasteiger partial charge in [0.25, 0.3) is 0 Å². The molecule has 1 aromatic carbocycles. The van der Waals surface area contributed by atoms with E-state index < -0.39 is 0 Å². The van der Waals surface area contributed by atoms with Crippen molar-refractivity contribution in [3.05, 3.63) is 42.8 Å². The molecule has 0 fully saturated rings. The number of carbonyl (C=O) groups is 1. The first-order chi connectivity index (χ1) is 5.83. The Bertz CT molecular complexity index is 238. The Morgan fingerprint density at radius 3 is 2.50 bits per heavy atom. The van der Waals surface area contributed by atoms with E-state index in [-0.39, 0.29) is 5.78 Å². The number of aryl methyl sites for hydroxylation is 1. The Kier molecular flexibility index (Phi) is 3.52. The number of hydrogen-bond donors (Lipinski definition) is 0. The van der Waals surface area contributed by atoms with E-state index >= 15 is 0 Å². The molecular formula is C11H13O. The molecule has 0 spiro atoms. The van der Waals surface area contributed by atoms with E-state index in [1.807, 2.05) is 30.3 Å². The van der Waals surface area contributed by atoms with Gasteiger partial charge in [0.05, 0.1) is 0 Å². The summed E-state index contributed by atoms with van der Waals surface area (Å²) in [5.74, 6) is 0.235. The molecule has 0 saturated carbocycles. The molecule has 0 amide bonds. The van der Waals surface area contributed by atoms with Crippen LogP contribution >= 0.6 is 0 Å². The third-order valence-corrected chi connectivity index (χ3v) is 1.81. The average molecular weight is 161 g/mol. The molecule has 0 aromatic heterocycles. The van der Waals surface area contributed by atoms with Crippen LogP contribution in [0.1, 0.15) is 18.4 Å². The van der Waals surface area contributed by atoms with Crippen LogP contribution in [0.4, 0.5) is 0 Å². The third-order valence-electron chi connectivity index (χ3n) is 1.81. The predicted octanol–water partition coefficient (Wildman–Crippen LogP) is 2.41. The van der Waals surface area contributed by atoms with Crippen LogP contribution in [0.2, 0.25) is 0 Å². The van der Waals surface area contributed by atoms with Crippen molar-refractivity contribution in [1.29, 1.82) is 0 Å². The van der Waals surface area contributed by atoms with Gasteiger partial charge in [-0.1, -0.05) is 30.3 Å². The summed E-state index contributed by atoms with van der Waals surface area (Å²) >= 11 is 0. The predicted molar refractivity (Wildman–Crippen MR) is 49.7 cm³/mol. The maximum absolute atomic E-state index is 10.9. The van der Waals surface area contributed by atoms with Gasteiger partial charge in [0.2, 0.25) is 0 Å². The van der Waals surface area contributed by atoms with Crippen molar-refractivity contribution < 1.29 is 4.79 Å². The molecule has 1 nitrogen and oxygen atoms in total. The summed E-state index contributed by atoms with van der Waals surface area (Å²) in [6.07, 6.45) is 1.87. The minimum atomic E-state index is 0.235. The molecule has 1 radical (unpaired) electrons. The lowest BCUT2D eigenvalue weighted by Crippen LogP contribution is -1.97. The number of ketones is 1. The number of hydrogen-bond acceptors (Lipinski definition) is 1. The zero-order valence-corrected chi connectivity index (χ0v) is 7.12. The van der Waals surface area contributed by atoms with Gasteiger partial charge in [0.1, 0.15) is 5.78 Å². The normalized spacial score (nSPS) is 9.75. The number of rotatable bonds is 4. The van der Waals surface area contributed by atoms with Crippen molar-refractivity contribution in [3.8, 4) is 0 Å². The maximum Gasteiger partial charge on any atom is 0.133 e. The topological polar surface area (TPSA) is 17.1 Å². The third kappa shape index (κ3) is 2.87. The number of Topliss-reactive ketones (excluding diaryl/α,β-unsaturated/α-hetero) is 1. The zero-order chi connectivity index (χ0) is 8.81. The van der Waals surface area contributed by atoms with E-state index in [1.165, 1.54) is 5.56 Å². The van der Waals surface area contributed by atoms with Crippen LogP contribution in [0.3, 0.4) is 0 Å². The Hall–Kier alpha value is -1.11. The van der Waals surface area contributed by atoms with Gasteiger partial charge in [-0.3, -0.25) is 4.79 Å². The van der Waals surface area contributed by atoms with Crippen molar-refractivity contribution >= 4 is 5.78 Å². The second-order valence-corrected chi connectivity index (χ2v) is 2.77. The molecular weight excluding hydrogens is 148 g/mol. The molecule has 0 bridgehead atoms. The lowest BCUT2D eigenvalue weighted by molar-refractivity contribution is -0.118. The molecule has 1 rings (SSSR count).